The second-order valence-electron chi connectivity index (χ2n) is 3.04. The number of nitrogens with zero attached hydrogens (tertiary/aromatic N) is 4. The Morgan fingerprint density at radius 1 is 0.435 bits per heavy atom. The van der Waals surface area contributed by atoms with Gasteiger partial charge in [-0.05, 0) is 0 Å². The zero-order valence-corrected chi connectivity index (χ0v) is 13.0. The summed E-state index contributed by atoms with van der Waals surface area (Å²) < 4.78 is 0. The summed E-state index contributed by atoms with van der Waals surface area (Å²) in [5, 5.41) is 0. The van der Waals surface area contributed by atoms with Crippen molar-refractivity contribution < 1.29 is 28.0 Å². The molecule has 0 amide bonds. The van der Waals surface area contributed by atoms with Crippen molar-refractivity contribution in [1.82, 2.24) is 39.9 Å². The van der Waals surface area contributed by atoms with E-state index >= 15 is 0 Å². The molecule has 0 aliphatic heterocycles. The van der Waals surface area contributed by atoms with E-state index < -0.39 is 0 Å². The number of rotatable bonds is 0. The fourth-order valence-electron chi connectivity index (χ4n) is 0.861. The summed E-state index contributed by atoms with van der Waals surface area (Å²) in [5.41, 5.74) is 0. The van der Waals surface area contributed by atoms with Crippen LogP contribution in [0.5, 0.6) is 0 Å². The van der Waals surface area contributed by atoms with Crippen molar-refractivity contribution in [1.29, 1.82) is 0 Å². The third-order valence-corrected chi connectivity index (χ3v) is 1.62. The van der Waals surface area contributed by atoms with Gasteiger partial charge in [0.15, 0.2) is 0 Å². The van der Waals surface area contributed by atoms with Crippen molar-refractivity contribution in [3.63, 3.8) is 0 Å². The predicted molar refractivity (Wildman–Crippen MR) is 81.6 cm³/mol. The molecule has 129 valence electrons. The van der Waals surface area contributed by atoms with Crippen molar-refractivity contribution in [2.24, 2.45) is 0 Å². The molecular formula is C12H20CuN8O2+2. The van der Waals surface area contributed by atoms with Crippen LogP contribution in [0, 0.1) is 0 Å². The first kappa shape index (κ1) is 25.2. The summed E-state index contributed by atoms with van der Waals surface area (Å²) >= 11 is 0. The number of hydrogen-bond acceptors (Lipinski definition) is 4. The van der Waals surface area contributed by atoms with Crippen molar-refractivity contribution in [3.05, 3.63) is 74.9 Å². The van der Waals surface area contributed by atoms with E-state index in [0.29, 0.717) is 0 Å². The molecule has 1 radical (unpaired) electrons. The number of imidazole rings is 4. The van der Waals surface area contributed by atoms with Crippen molar-refractivity contribution >= 4 is 0 Å². The predicted octanol–water partition coefficient (Wildman–Crippen LogP) is -0.0131. The van der Waals surface area contributed by atoms with E-state index in [2.05, 4.69) is 39.9 Å². The number of hydrogen-bond donors (Lipinski definition) is 4. The molecule has 0 atom stereocenters. The summed E-state index contributed by atoms with van der Waals surface area (Å²) in [6, 6.07) is 0. The minimum Gasteiger partial charge on any atom is -0.412 e. The van der Waals surface area contributed by atoms with E-state index in [9.17, 15) is 0 Å². The number of H-pyrrole nitrogens is 4. The first-order chi connectivity index (χ1) is 10.0. The first-order valence-corrected chi connectivity index (χ1v) is 5.71. The van der Waals surface area contributed by atoms with Crippen LogP contribution >= 0.6 is 0 Å². The fourth-order valence-corrected chi connectivity index (χ4v) is 0.861. The van der Waals surface area contributed by atoms with E-state index in [4.69, 9.17) is 0 Å². The van der Waals surface area contributed by atoms with E-state index in [1.54, 1.807) is 74.9 Å². The molecule has 4 aromatic rings. The summed E-state index contributed by atoms with van der Waals surface area (Å²) in [5.74, 6) is 0. The summed E-state index contributed by atoms with van der Waals surface area (Å²) in [7, 11) is 0. The SMILES string of the molecule is O.O.[Cu+2].c1c[nH]cn1.c1c[nH]cn1.c1c[nH]cn1.c1c[nH]cn1. The van der Waals surface area contributed by atoms with Gasteiger partial charge in [-0.3, -0.25) is 0 Å². The van der Waals surface area contributed by atoms with Crippen molar-refractivity contribution in [2.75, 3.05) is 0 Å². The average Bonchev–Trinajstić information content (AvgIpc) is 3.40. The van der Waals surface area contributed by atoms with Gasteiger partial charge in [0.25, 0.3) is 0 Å². The fraction of sp³-hybridized carbons (Fsp3) is 0. The number of nitrogens with one attached hydrogen (secondary N) is 4. The normalized spacial score (nSPS) is 6.96. The first-order valence-electron chi connectivity index (χ1n) is 5.71. The average molecular weight is 372 g/mol. The molecule has 4 heterocycles. The molecule has 0 fully saturated rings. The molecule has 0 saturated carbocycles. The molecule has 0 aliphatic carbocycles. The number of aromatic nitrogens is 8. The Balaban J connectivity index is -0.000000222. The Morgan fingerprint density at radius 3 is 0.696 bits per heavy atom. The van der Waals surface area contributed by atoms with Crippen LogP contribution in [0.4, 0.5) is 0 Å². The molecule has 0 aliphatic rings. The molecule has 0 unspecified atom stereocenters. The molecule has 4 aromatic heterocycles. The molecule has 0 spiro atoms. The van der Waals surface area contributed by atoms with Gasteiger partial charge < -0.3 is 30.9 Å². The van der Waals surface area contributed by atoms with Gasteiger partial charge in [0.1, 0.15) is 0 Å². The summed E-state index contributed by atoms with van der Waals surface area (Å²) in [6.45, 7) is 0. The third kappa shape index (κ3) is 19.3. The van der Waals surface area contributed by atoms with Crippen LogP contribution in [0.25, 0.3) is 0 Å². The van der Waals surface area contributed by atoms with Gasteiger partial charge in [-0.1, -0.05) is 0 Å². The van der Waals surface area contributed by atoms with Crippen molar-refractivity contribution in [3.8, 4) is 0 Å². The van der Waals surface area contributed by atoms with Crippen molar-refractivity contribution in [2.45, 2.75) is 0 Å². The Bertz CT molecular complexity index is 366. The molecule has 8 N–H and O–H groups in total. The monoisotopic (exact) mass is 371 g/mol. The molecule has 4 rings (SSSR count). The third-order valence-electron chi connectivity index (χ3n) is 1.62. The quantitative estimate of drug-likeness (QED) is 0.317. The van der Waals surface area contributed by atoms with Crippen LogP contribution in [0.3, 0.4) is 0 Å². The van der Waals surface area contributed by atoms with Gasteiger partial charge in [-0.25, -0.2) is 19.9 Å². The smallest absolute Gasteiger partial charge is 0.412 e. The van der Waals surface area contributed by atoms with Crippen LogP contribution < -0.4 is 0 Å². The van der Waals surface area contributed by atoms with Crippen LogP contribution in [0.2, 0.25) is 0 Å². The van der Waals surface area contributed by atoms with Gasteiger partial charge in [0.2, 0.25) is 0 Å². The van der Waals surface area contributed by atoms with E-state index in [-0.39, 0.29) is 28.0 Å². The van der Waals surface area contributed by atoms with E-state index in [1.165, 1.54) is 0 Å². The number of aromatic amines is 4. The largest absolute Gasteiger partial charge is 2.00 e. The summed E-state index contributed by atoms with van der Waals surface area (Å²) in [4.78, 5) is 25.7. The van der Waals surface area contributed by atoms with E-state index in [0.717, 1.165) is 0 Å². The zero-order valence-electron chi connectivity index (χ0n) is 12.0. The maximum atomic E-state index is 3.67. The Morgan fingerprint density at radius 2 is 0.652 bits per heavy atom. The van der Waals surface area contributed by atoms with E-state index in [1.807, 2.05) is 0 Å². The molecule has 0 bridgehead atoms. The molecular weight excluding hydrogens is 352 g/mol. The van der Waals surface area contributed by atoms with Gasteiger partial charge >= 0.3 is 17.1 Å². The minimum absolute atomic E-state index is 0. The van der Waals surface area contributed by atoms with Crippen LogP contribution in [-0.2, 0) is 17.1 Å². The maximum absolute atomic E-state index is 3.67. The van der Waals surface area contributed by atoms with Crippen LogP contribution in [0.1, 0.15) is 0 Å². The Kier molecular flexibility index (Phi) is 23.7. The topological polar surface area (TPSA) is 178 Å². The van der Waals surface area contributed by atoms with Gasteiger partial charge in [-0.15, -0.1) is 0 Å². The Labute approximate surface area is 143 Å². The van der Waals surface area contributed by atoms with Crippen LogP contribution in [-0.4, -0.2) is 50.8 Å². The molecule has 11 heteroatoms. The second kappa shape index (κ2) is 21.6. The maximum Gasteiger partial charge on any atom is 2.00 e. The molecule has 10 nitrogen and oxygen atoms in total. The van der Waals surface area contributed by atoms with Gasteiger partial charge in [0.05, 0.1) is 25.3 Å². The molecule has 0 saturated heterocycles. The summed E-state index contributed by atoms with van der Waals surface area (Å²) in [6.07, 6.45) is 20.3. The second-order valence-corrected chi connectivity index (χ2v) is 3.04. The van der Waals surface area contributed by atoms with Gasteiger partial charge in [-0.2, -0.15) is 0 Å². The minimum atomic E-state index is 0. The zero-order chi connectivity index (χ0) is 14.1. The molecule has 23 heavy (non-hydrogen) atoms. The standard InChI is InChI=1S/4C3H4N2.Cu.2H2O/c4*1-2-5-3-4-1;;;/h4*1-3H,(H,4,5);;2*1H2/q;;;;+2;;. The van der Waals surface area contributed by atoms with Crippen LogP contribution in [0.15, 0.2) is 74.9 Å². The molecule has 0 aromatic carbocycles. The van der Waals surface area contributed by atoms with Gasteiger partial charge in [0, 0.05) is 49.6 Å². The Hall–Kier alpha value is -2.72.